The quantitative estimate of drug-likeness (QED) is 0.880. The molecule has 0 aromatic heterocycles. The maximum absolute atomic E-state index is 5.99. The highest BCUT2D eigenvalue weighted by molar-refractivity contribution is 6.30. The van der Waals surface area contributed by atoms with Crippen LogP contribution < -0.4 is 5.73 Å². The molecule has 21 heavy (non-hydrogen) atoms. The molecule has 1 aliphatic carbocycles. The summed E-state index contributed by atoms with van der Waals surface area (Å²) >= 11 is 5.94. The molecule has 0 amide bonds. The Hall–Kier alpha value is -1.31. The third-order valence-electron chi connectivity index (χ3n) is 4.46. The lowest BCUT2D eigenvalue weighted by Crippen LogP contribution is -2.19. The zero-order valence-electron chi connectivity index (χ0n) is 12.3. The van der Waals surface area contributed by atoms with Crippen molar-refractivity contribution in [3.8, 4) is 0 Å². The maximum atomic E-state index is 5.99. The van der Waals surface area contributed by atoms with Crippen LogP contribution >= 0.6 is 11.6 Å². The number of fused-ring (bicyclic) bond motifs is 1. The summed E-state index contributed by atoms with van der Waals surface area (Å²) in [6, 6.07) is 15.1. The number of rotatable bonds is 5. The van der Waals surface area contributed by atoms with Crippen molar-refractivity contribution in [1.29, 1.82) is 0 Å². The van der Waals surface area contributed by atoms with Crippen LogP contribution in [0.15, 0.2) is 42.5 Å². The summed E-state index contributed by atoms with van der Waals surface area (Å²) in [4.78, 5) is 0. The number of aryl methyl sites for hydroxylation is 2. The van der Waals surface area contributed by atoms with Gasteiger partial charge in [-0.05, 0) is 79.0 Å². The fourth-order valence-corrected chi connectivity index (χ4v) is 3.40. The molecular weight excluding hydrogens is 278 g/mol. The molecule has 1 nitrogen and oxygen atoms in total. The molecule has 110 valence electrons. The van der Waals surface area contributed by atoms with Crippen molar-refractivity contribution in [2.45, 2.75) is 32.1 Å². The summed E-state index contributed by atoms with van der Waals surface area (Å²) < 4.78 is 0. The highest BCUT2D eigenvalue weighted by atomic mass is 35.5. The van der Waals surface area contributed by atoms with Crippen LogP contribution in [0.3, 0.4) is 0 Å². The minimum atomic E-state index is 0.491. The first-order valence-electron chi connectivity index (χ1n) is 7.80. The average Bonchev–Trinajstić information content (AvgIpc) is 2.96. The third kappa shape index (κ3) is 3.66. The summed E-state index contributed by atoms with van der Waals surface area (Å²) in [6.07, 6.45) is 5.88. The minimum absolute atomic E-state index is 0.491. The van der Waals surface area contributed by atoms with Crippen molar-refractivity contribution < 1.29 is 0 Å². The lowest BCUT2D eigenvalue weighted by molar-refractivity contribution is 0.533. The SMILES string of the molecule is NCC(Cc1ccc(Cl)cc1)Cc1ccc2c(c1)CCC2. The molecule has 0 saturated carbocycles. The zero-order chi connectivity index (χ0) is 14.7. The second-order valence-electron chi connectivity index (χ2n) is 6.09. The molecular formula is C19H22ClN. The van der Waals surface area contributed by atoms with Crippen molar-refractivity contribution in [2.75, 3.05) is 6.54 Å². The molecule has 3 rings (SSSR count). The van der Waals surface area contributed by atoms with Gasteiger partial charge in [-0.15, -0.1) is 0 Å². The standard InChI is InChI=1S/C19H22ClN/c20-19-8-5-14(6-9-19)10-16(13-21)11-15-4-7-17-2-1-3-18(17)12-15/h4-9,12,16H,1-3,10-11,13,21H2. The van der Waals surface area contributed by atoms with Crippen molar-refractivity contribution in [1.82, 2.24) is 0 Å². The van der Waals surface area contributed by atoms with E-state index in [1.165, 1.54) is 30.4 Å². The molecule has 0 radical (unpaired) electrons. The molecule has 0 fully saturated rings. The van der Waals surface area contributed by atoms with Gasteiger partial charge in [0.25, 0.3) is 0 Å². The lowest BCUT2D eigenvalue weighted by atomic mass is 9.91. The van der Waals surface area contributed by atoms with Gasteiger partial charge >= 0.3 is 0 Å². The predicted octanol–water partition coefficient (Wildman–Crippen LogP) is 4.19. The normalized spacial score (nSPS) is 15.0. The van der Waals surface area contributed by atoms with Gasteiger partial charge in [-0.3, -0.25) is 0 Å². The lowest BCUT2D eigenvalue weighted by Gasteiger charge is -2.16. The van der Waals surface area contributed by atoms with Gasteiger partial charge in [-0.2, -0.15) is 0 Å². The van der Waals surface area contributed by atoms with Crippen molar-refractivity contribution in [2.24, 2.45) is 11.7 Å². The zero-order valence-corrected chi connectivity index (χ0v) is 13.1. The summed E-state index contributed by atoms with van der Waals surface area (Å²) in [5, 5.41) is 0.793. The number of benzene rings is 2. The molecule has 0 saturated heterocycles. The Balaban J connectivity index is 1.68. The van der Waals surface area contributed by atoms with Crippen LogP contribution in [0.25, 0.3) is 0 Å². The van der Waals surface area contributed by atoms with Crippen LogP contribution in [-0.2, 0) is 25.7 Å². The van der Waals surface area contributed by atoms with Gasteiger partial charge in [0.15, 0.2) is 0 Å². The summed E-state index contributed by atoms with van der Waals surface area (Å²) in [5.41, 5.74) is 11.8. The maximum Gasteiger partial charge on any atom is 0.0406 e. The van der Waals surface area contributed by atoms with E-state index >= 15 is 0 Å². The number of nitrogens with two attached hydrogens (primary N) is 1. The Labute approximate surface area is 132 Å². The molecule has 2 heteroatoms. The summed E-state index contributed by atoms with van der Waals surface area (Å²) in [6.45, 7) is 0.722. The Morgan fingerprint density at radius 2 is 1.57 bits per heavy atom. The van der Waals surface area contributed by atoms with E-state index in [-0.39, 0.29) is 0 Å². The molecule has 0 aliphatic heterocycles. The molecule has 2 aromatic carbocycles. The number of hydrogen-bond acceptors (Lipinski definition) is 1. The van der Waals surface area contributed by atoms with E-state index in [4.69, 9.17) is 17.3 Å². The fraction of sp³-hybridized carbons (Fsp3) is 0.368. The minimum Gasteiger partial charge on any atom is -0.330 e. The molecule has 0 heterocycles. The first kappa shape index (κ1) is 14.6. The highest BCUT2D eigenvalue weighted by Crippen LogP contribution is 2.24. The van der Waals surface area contributed by atoms with Crippen LogP contribution in [0.2, 0.25) is 5.02 Å². The van der Waals surface area contributed by atoms with Gasteiger partial charge < -0.3 is 5.73 Å². The molecule has 0 bridgehead atoms. The van der Waals surface area contributed by atoms with E-state index in [2.05, 4.69) is 30.3 Å². The van der Waals surface area contributed by atoms with E-state index in [1.807, 2.05) is 12.1 Å². The van der Waals surface area contributed by atoms with Gasteiger partial charge in [-0.25, -0.2) is 0 Å². The molecule has 1 atom stereocenters. The Morgan fingerprint density at radius 3 is 2.33 bits per heavy atom. The molecule has 2 aromatic rings. The first-order valence-corrected chi connectivity index (χ1v) is 8.17. The average molecular weight is 300 g/mol. The predicted molar refractivity (Wildman–Crippen MR) is 89.9 cm³/mol. The van der Waals surface area contributed by atoms with Crippen LogP contribution in [0.1, 0.15) is 28.7 Å². The Bertz CT molecular complexity index is 603. The van der Waals surface area contributed by atoms with Crippen LogP contribution in [-0.4, -0.2) is 6.54 Å². The second-order valence-corrected chi connectivity index (χ2v) is 6.53. The van der Waals surface area contributed by atoms with Gasteiger partial charge in [0.2, 0.25) is 0 Å². The summed E-state index contributed by atoms with van der Waals surface area (Å²) in [7, 11) is 0. The van der Waals surface area contributed by atoms with E-state index in [9.17, 15) is 0 Å². The van der Waals surface area contributed by atoms with Crippen molar-refractivity contribution >= 4 is 11.6 Å². The van der Waals surface area contributed by atoms with E-state index in [0.717, 1.165) is 24.4 Å². The molecule has 0 spiro atoms. The van der Waals surface area contributed by atoms with Crippen molar-refractivity contribution in [3.63, 3.8) is 0 Å². The molecule has 1 unspecified atom stereocenters. The second kappa shape index (κ2) is 6.64. The number of halogens is 1. The van der Waals surface area contributed by atoms with Crippen LogP contribution in [0.4, 0.5) is 0 Å². The summed E-state index contributed by atoms with van der Waals surface area (Å²) in [5.74, 6) is 0.491. The van der Waals surface area contributed by atoms with Gasteiger partial charge in [0.05, 0.1) is 0 Å². The van der Waals surface area contributed by atoms with Gasteiger partial charge in [0.1, 0.15) is 0 Å². The number of hydrogen-bond donors (Lipinski definition) is 1. The third-order valence-corrected chi connectivity index (χ3v) is 4.71. The monoisotopic (exact) mass is 299 g/mol. The Kier molecular flexibility index (Phi) is 4.62. The van der Waals surface area contributed by atoms with Gasteiger partial charge in [-0.1, -0.05) is 41.9 Å². The van der Waals surface area contributed by atoms with Crippen LogP contribution in [0, 0.1) is 5.92 Å². The largest absolute Gasteiger partial charge is 0.330 e. The molecule has 2 N–H and O–H groups in total. The van der Waals surface area contributed by atoms with E-state index < -0.39 is 0 Å². The first-order chi connectivity index (χ1) is 10.2. The topological polar surface area (TPSA) is 26.0 Å². The van der Waals surface area contributed by atoms with E-state index in [1.54, 1.807) is 11.1 Å². The Morgan fingerprint density at radius 1 is 0.905 bits per heavy atom. The fourth-order valence-electron chi connectivity index (χ4n) is 3.28. The smallest absolute Gasteiger partial charge is 0.0406 e. The van der Waals surface area contributed by atoms with E-state index in [0.29, 0.717) is 5.92 Å². The molecule has 1 aliphatic rings. The van der Waals surface area contributed by atoms with Gasteiger partial charge in [0, 0.05) is 5.02 Å². The highest BCUT2D eigenvalue weighted by Gasteiger charge is 2.13. The van der Waals surface area contributed by atoms with Crippen LogP contribution in [0.5, 0.6) is 0 Å². The van der Waals surface area contributed by atoms with Crippen molar-refractivity contribution in [3.05, 3.63) is 69.7 Å².